The Morgan fingerprint density at radius 1 is 1.38 bits per heavy atom. The van der Waals surface area contributed by atoms with Gasteiger partial charge in [-0.15, -0.1) is 0 Å². The van der Waals surface area contributed by atoms with E-state index in [1.807, 2.05) is 0 Å². The molecule has 0 unspecified atom stereocenters. The standard InChI is InChI=1S/C10H21N3O3/c1-10(2,9(11)15)7-13-8(14)6-12-4-5-16-3/h12H,4-7H2,1-3H3,(H2,11,15)(H,13,14). The Morgan fingerprint density at radius 2 is 2.00 bits per heavy atom. The number of hydrogen-bond acceptors (Lipinski definition) is 4. The largest absolute Gasteiger partial charge is 0.383 e. The van der Waals surface area contributed by atoms with Gasteiger partial charge in [0.15, 0.2) is 0 Å². The molecule has 4 N–H and O–H groups in total. The van der Waals surface area contributed by atoms with Gasteiger partial charge < -0.3 is 21.1 Å². The second-order valence-electron chi connectivity index (χ2n) is 4.19. The summed E-state index contributed by atoms with van der Waals surface area (Å²) in [5, 5.41) is 5.54. The lowest BCUT2D eigenvalue weighted by molar-refractivity contribution is -0.126. The number of nitrogens with two attached hydrogens (primary N) is 1. The molecule has 6 heteroatoms. The van der Waals surface area contributed by atoms with E-state index in [0.717, 1.165) is 0 Å². The van der Waals surface area contributed by atoms with Crippen molar-refractivity contribution >= 4 is 11.8 Å². The van der Waals surface area contributed by atoms with Gasteiger partial charge in [-0.2, -0.15) is 0 Å². The maximum atomic E-state index is 11.3. The molecular formula is C10H21N3O3. The lowest BCUT2D eigenvalue weighted by atomic mass is 9.93. The predicted octanol–water partition coefficient (Wildman–Crippen LogP) is -1.15. The topological polar surface area (TPSA) is 93.4 Å². The van der Waals surface area contributed by atoms with Gasteiger partial charge in [-0.25, -0.2) is 0 Å². The van der Waals surface area contributed by atoms with E-state index < -0.39 is 11.3 Å². The van der Waals surface area contributed by atoms with Gasteiger partial charge in [-0.1, -0.05) is 0 Å². The van der Waals surface area contributed by atoms with E-state index >= 15 is 0 Å². The summed E-state index contributed by atoms with van der Waals surface area (Å²) in [7, 11) is 1.59. The highest BCUT2D eigenvalue weighted by molar-refractivity contribution is 5.82. The van der Waals surface area contributed by atoms with Crippen molar-refractivity contribution in [2.45, 2.75) is 13.8 Å². The number of primary amides is 1. The van der Waals surface area contributed by atoms with Crippen LogP contribution >= 0.6 is 0 Å². The van der Waals surface area contributed by atoms with E-state index in [1.54, 1.807) is 21.0 Å². The van der Waals surface area contributed by atoms with Crippen molar-refractivity contribution in [3.8, 4) is 0 Å². The highest BCUT2D eigenvalue weighted by Gasteiger charge is 2.25. The lowest BCUT2D eigenvalue weighted by Crippen LogP contribution is -2.44. The SMILES string of the molecule is COCCNCC(=O)NCC(C)(C)C(N)=O. The normalized spacial score (nSPS) is 11.2. The summed E-state index contributed by atoms with van der Waals surface area (Å²) in [6.07, 6.45) is 0. The fourth-order valence-corrected chi connectivity index (χ4v) is 0.845. The Morgan fingerprint density at radius 3 is 2.50 bits per heavy atom. The van der Waals surface area contributed by atoms with Crippen molar-refractivity contribution in [3.63, 3.8) is 0 Å². The molecule has 0 aromatic heterocycles. The first kappa shape index (κ1) is 14.9. The summed E-state index contributed by atoms with van der Waals surface area (Å²) in [5.74, 6) is -0.592. The molecule has 0 aliphatic heterocycles. The number of carbonyl (C=O) groups excluding carboxylic acids is 2. The van der Waals surface area contributed by atoms with Gasteiger partial charge in [0.05, 0.1) is 18.6 Å². The number of methoxy groups -OCH3 is 1. The second-order valence-corrected chi connectivity index (χ2v) is 4.19. The van der Waals surface area contributed by atoms with Gasteiger partial charge in [0.2, 0.25) is 11.8 Å². The lowest BCUT2D eigenvalue weighted by Gasteiger charge is -2.20. The first-order valence-corrected chi connectivity index (χ1v) is 5.16. The summed E-state index contributed by atoms with van der Waals surface area (Å²) in [5.41, 5.74) is 4.45. The van der Waals surface area contributed by atoms with Crippen LogP contribution < -0.4 is 16.4 Å². The molecule has 0 aromatic carbocycles. The highest BCUT2D eigenvalue weighted by Crippen LogP contribution is 2.11. The average Bonchev–Trinajstić information content (AvgIpc) is 2.21. The molecule has 0 radical (unpaired) electrons. The van der Waals surface area contributed by atoms with E-state index in [2.05, 4.69) is 10.6 Å². The van der Waals surface area contributed by atoms with E-state index in [9.17, 15) is 9.59 Å². The van der Waals surface area contributed by atoms with Crippen LogP contribution in [-0.2, 0) is 14.3 Å². The zero-order valence-electron chi connectivity index (χ0n) is 10.1. The second kappa shape index (κ2) is 7.19. The van der Waals surface area contributed by atoms with Crippen molar-refractivity contribution in [2.24, 2.45) is 11.1 Å². The molecule has 0 heterocycles. The first-order chi connectivity index (χ1) is 7.40. The average molecular weight is 231 g/mol. The molecule has 0 fully saturated rings. The van der Waals surface area contributed by atoms with Gasteiger partial charge in [0.25, 0.3) is 0 Å². The maximum Gasteiger partial charge on any atom is 0.233 e. The Labute approximate surface area is 95.9 Å². The van der Waals surface area contributed by atoms with E-state index in [-0.39, 0.29) is 19.0 Å². The summed E-state index contributed by atoms with van der Waals surface area (Å²) in [6.45, 7) is 5.00. The van der Waals surface area contributed by atoms with Crippen LogP contribution in [0.15, 0.2) is 0 Å². The van der Waals surface area contributed by atoms with Gasteiger partial charge in [0.1, 0.15) is 0 Å². The molecule has 2 amide bonds. The van der Waals surface area contributed by atoms with Crippen molar-refractivity contribution in [1.29, 1.82) is 0 Å². The van der Waals surface area contributed by atoms with Crippen LogP contribution in [0.25, 0.3) is 0 Å². The summed E-state index contributed by atoms with van der Waals surface area (Å²) in [4.78, 5) is 22.3. The Balaban J connectivity index is 3.69. The van der Waals surface area contributed by atoms with E-state index in [1.165, 1.54) is 0 Å². The molecule has 0 aliphatic carbocycles. The van der Waals surface area contributed by atoms with Crippen molar-refractivity contribution in [3.05, 3.63) is 0 Å². The van der Waals surface area contributed by atoms with Gasteiger partial charge in [-0.3, -0.25) is 9.59 Å². The molecule has 0 saturated heterocycles. The molecule has 16 heavy (non-hydrogen) atoms. The molecule has 0 rings (SSSR count). The quantitative estimate of drug-likeness (QED) is 0.460. The number of ether oxygens (including phenoxy) is 1. The third kappa shape index (κ3) is 6.36. The maximum absolute atomic E-state index is 11.3. The highest BCUT2D eigenvalue weighted by atomic mass is 16.5. The van der Waals surface area contributed by atoms with Crippen LogP contribution in [0.3, 0.4) is 0 Å². The first-order valence-electron chi connectivity index (χ1n) is 5.16. The van der Waals surface area contributed by atoms with E-state index in [4.69, 9.17) is 10.5 Å². The third-order valence-corrected chi connectivity index (χ3v) is 2.16. The van der Waals surface area contributed by atoms with Crippen LogP contribution in [0, 0.1) is 5.41 Å². The predicted molar refractivity (Wildman–Crippen MR) is 60.7 cm³/mol. The Hall–Kier alpha value is -1.14. The van der Waals surface area contributed by atoms with Crippen LogP contribution in [0.5, 0.6) is 0 Å². The van der Waals surface area contributed by atoms with Crippen molar-refractivity contribution in [2.75, 3.05) is 33.4 Å². The van der Waals surface area contributed by atoms with Crippen LogP contribution in [0.1, 0.15) is 13.8 Å². The van der Waals surface area contributed by atoms with Gasteiger partial charge in [0, 0.05) is 20.2 Å². The van der Waals surface area contributed by atoms with Crippen molar-refractivity contribution in [1.82, 2.24) is 10.6 Å². The smallest absolute Gasteiger partial charge is 0.233 e. The van der Waals surface area contributed by atoms with E-state index in [0.29, 0.717) is 13.2 Å². The molecule has 0 atom stereocenters. The monoisotopic (exact) mass is 231 g/mol. The number of rotatable bonds is 8. The molecule has 6 nitrogen and oxygen atoms in total. The summed E-state index contributed by atoms with van der Waals surface area (Å²) >= 11 is 0. The number of hydrogen-bond donors (Lipinski definition) is 3. The minimum atomic E-state index is -0.720. The van der Waals surface area contributed by atoms with Crippen molar-refractivity contribution < 1.29 is 14.3 Å². The van der Waals surface area contributed by atoms with Crippen LogP contribution in [0.2, 0.25) is 0 Å². The fourth-order valence-electron chi connectivity index (χ4n) is 0.845. The zero-order chi connectivity index (χ0) is 12.6. The minimum absolute atomic E-state index is 0.162. The van der Waals surface area contributed by atoms with Gasteiger partial charge in [-0.05, 0) is 13.8 Å². The Kier molecular flexibility index (Phi) is 6.67. The molecular weight excluding hydrogens is 210 g/mol. The molecule has 0 bridgehead atoms. The summed E-state index contributed by atoms with van der Waals surface area (Å²) < 4.78 is 4.81. The zero-order valence-corrected chi connectivity index (χ0v) is 10.1. The molecule has 0 saturated carbocycles. The Bertz CT molecular complexity index is 241. The van der Waals surface area contributed by atoms with Crippen LogP contribution in [0.4, 0.5) is 0 Å². The third-order valence-electron chi connectivity index (χ3n) is 2.16. The molecule has 94 valence electrons. The number of carbonyl (C=O) groups is 2. The number of nitrogens with one attached hydrogen (secondary N) is 2. The molecule has 0 aromatic rings. The number of amides is 2. The fraction of sp³-hybridized carbons (Fsp3) is 0.800. The minimum Gasteiger partial charge on any atom is -0.383 e. The van der Waals surface area contributed by atoms with Crippen LogP contribution in [-0.4, -0.2) is 45.2 Å². The molecule has 0 aliphatic rings. The van der Waals surface area contributed by atoms with Gasteiger partial charge >= 0.3 is 0 Å². The molecule has 0 spiro atoms. The summed E-state index contributed by atoms with van der Waals surface area (Å²) in [6, 6.07) is 0.